The standard InChI is InChI=1S/C15H16ClNO3/c1-15(2,3)12-11(14(18)19-4)20-13(17-12)9-7-5-6-8-10(9)16/h5-8H,1-4H3. The molecular weight excluding hydrogens is 278 g/mol. The topological polar surface area (TPSA) is 52.3 Å². The van der Waals surface area contributed by atoms with Gasteiger partial charge in [-0.25, -0.2) is 9.78 Å². The first kappa shape index (κ1) is 14.6. The smallest absolute Gasteiger partial charge is 0.376 e. The van der Waals surface area contributed by atoms with Gasteiger partial charge in [-0.3, -0.25) is 0 Å². The van der Waals surface area contributed by atoms with Gasteiger partial charge in [0.05, 0.1) is 17.7 Å². The number of rotatable bonds is 2. The van der Waals surface area contributed by atoms with Gasteiger partial charge in [0, 0.05) is 5.41 Å². The Morgan fingerprint density at radius 1 is 1.30 bits per heavy atom. The van der Waals surface area contributed by atoms with Crippen LogP contribution in [0.2, 0.25) is 5.02 Å². The molecule has 0 saturated heterocycles. The number of carbonyl (C=O) groups is 1. The molecule has 0 spiro atoms. The SMILES string of the molecule is COC(=O)c1oc(-c2ccccc2Cl)nc1C(C)(C)C. The van der Waals surface area contributed by atoms with Crippen molar-refractivity contribution in [1.29, 1.82) is 0 Å². The van der Waals surface area contributed by atoms with Crippen LogP contribution in [-0.2, 0) is 10.2 Å². The van der Waals surface area contributed by atoms with E-state index >= 15 is 0 Å². The second-order valence-electron chi connectivity index (χ2n) is 5.42. The molecule has 4 nitrogen and oxygen atoms in total. The minimum atomic E-state index is -0.541. The molecule has 2 rings (SSSR count). The average Bonchev–Trinajstić information content (AvgIpc) is 2.83. The molecule has 0 N–H and O–H groups in total. The van der Waals surface area contributed by atoms with Gasteiger partial charge in [-0.1, -0.05) is 44.5 Å². The number of hydrogen-bond acceptors (Lipinski definition) is 4. The maximum Gasteiger partial charge on any atom is 0.376 e. The zero-order valence-electron chi connectivity index (χ0n) is 11.9. The van der Waals surface area contributed by atoms with Gasteiger partial charge in [-0.15, -0.1) is 0 Å². The van der Waals surface area contributed by atoms with E-state index in [0.29, 0.717) is 22.2 Å². The van der Waals surface area contributed by atoms with Gasteiger partial charge in [0.2, 0.25) is 11.7 Å². The Hall–Kier alpha value is -1.81. The lowest BCUT2D eigenvalue weighted by Crippen LogP contribution is -2.17. The van der Waals surface area contributed by atoms with Crippen molar-refractivity contribution in [3.05, 3.63) is 40.7 Å². The van der Waals surface area contributed by atoms with Crippen LogP contribution in [0.1, 0.15) is 37.0 Å². The van der Waals surface area contributed by atoms with Crippen molar-refractivity contribution in [3.8, 4) is 11.5 Å². The summed E-state index contributed by atoms with van der Waals surface area (Å²) in [5, 5.41) is 0.519. The van der Waals surface area contributed by atoms with Gasteiger partial charge in [0.25, 0.3) is 0 Å². The molecule has 5 heteroatoms. The molecule has 1 aromatic heterocycles. The Labute approximate surface area is 122 Å². The summed E-state index contributed by atoms with van der Waals surface area (Å²) in [6.07, 6.45) is 0. The number of ether oxygens (including phenoxy) is 1. The van der Waals surface area contributed by atoms with E-state index in [-0.39, 0.29) is 11.2 Å². The van der Waals surface area contributed by atoms with Crippen LogP contribution in [0.15, 0.2) is 28.7 Å². The van der Waals surface area contributed by atoms with Gasteiger partial charge in [0.15, 0.2) is 0 Å². The predicted molar refractivity (Wildman–Crippen MR) is 77.0 cm³/mol. The zero-order chi connectivity index (χ0) is 14.9. The first-order valence-electron chi connectivity index (χ1n) is 6.19. The Bertz CT molecular complexity index is 641. The summed E-state index contributed by atoms with van der Waals surface area (Å²) in [5.41, 5.74) is 0.862. The van der Waals surface area contributed by atoms with E-state index in [2.05, 4.69) is 4.98 Å². The summed E-state index contributed by atoms with van der Waals surface area (Å²) in [4.78, 5) is 16.3. The number of halogens is 1. The molecule has 0 aliphatic rings. The third-order valence-electron chi connectivity index (χ3n) is 2.81. The molecule has 0 atom stereocenters. The van der Waals surface area contributed by atoms with E-state index in [0.717, 1.165) is 0 Å². The first-order chi connectivity index (χ1) is 9.34. The van der Waals surface area contributed by atoms with E-state index < -0.39 is 5.97 Å². The molecule has 20 heavy (non-hydrogen) atoms. The maximum atomic E-state index is 11.8. The minimum absolute atomic E-state index is 0.120. The van der Waals surface area contributed by atoms with Gasteiger partial charge in [-0.05, 0) is 12.1 Å². The number of esters is 1. The highest BCUT2D eigenvalue weighted by molar-refractivity contribution is 6.33. The summed E-state index contributed by atoms with van der Waals surface area (Å²) in [7, 11) is 1.31. The number of oxazole rings is 1. The van der Waals surface area contributed by atoms with E-state index in [4.69, 9.17) is 20.8 Å². The third kappa shape index (κ3) is 2.70. The number of hydrogen-bond donors (Lipinski definition) is 0. The highest BCUT2D eigenvalue weighted by Gasteiger charge is 2.30. The predicted octanol–water partition coefficient (Wildman–Crippen LogP) is 4.08. The Morgan fingerprint density at radius 3 is 2.50 bits per heavy atom. The molecule has 2 aromatic rings. The van der Waals surface area contributed by atoms with E-state index in [1.807, 2.05) is 32.9 Å². The third-order valence-corrected chi connectivity index (χ3v) is 3.14. The van der Waals surface area contributed by atoms with Crippen LogP contribution < -0.4 is 0 Å². The summed E-state index contributed by atoms with van der Waals surface area (Å²) in [6.45, 7) is 5.86. The molecule has 0 saturated carbocycles. The van der Waals surface area contributed by atoms with Crippen LogP contribution in [0, 0.1) is 0 Å². The van der Waals surface area contributed by atoms with E-state index in [1.54, 1.807) is 12.1 Å². The summed E-state index contributed by atoms with van der Waals surface area (Å²) in [6, 6.07) is 7.19. The van der Waals surface area contributed by atoms with Crippen LogP contribution in [0.4, 0.5) is 0 Å². The average molecular weight is 294 g/mol. The Morgan fingerprint density at radius 2 is 1.95 bits per heavy atom. The van der Waals surface area contributed by atoms with Gasteiger partial charge < -0.3 is 9.15 Å². The zero-order valence-corrected chi connectivity index (χ0v) is 12.6. The molecule has 106 valence electrons. The van der Waals surface area contributed by atoms with Gasteiger partial charge >= 0.3 is 5.97 Å². The van der Waals surface area contributed by atoms with Crippen LogP contribution in [-0.4, -0.2) is 18.1 Å². The molecular formula is C15H16ClNO3. The monoisotopic (exact) mass is 293 g/mol. The van der Waals surface area contributed by atoms with Crippen LogP contribution in [0.5, 0.6) is 0 Å². The van der Waals surface area contributed by atoms with Crippen LogP contribution >= 0.6 is 11.6 Å². The molecule has 0 bridgehead atoms. The van der Waals surface area contributed by atoms with Crippen molar-refractivity contribution in [3.63, 3.8) is 0 Å². The second kappa shape index (κ2) is 5.29. The van der Waals surface area contributed by atoms with Crippen molar-refractivity contribution >= 4 is 17.6 Å². The summed E-state index contributed by atoms with van der Waals surface area (Å²) in [5.74, 6) is -0.100. The van der Waals surface area contributed by atoms with Crippen molar-refractivity contribution in [2.45, 2.75) is 26.2 Å². The molecule has 0 amide bonds. The Balaban J connectivity index is 2.61. The lowest BCUT2D eigenvalue weighted by Gasteiger charge is -2.15. The van der Waals surface area contributed by atoms with Crippen LogP contribution in [0.3, 0.4) is 0 Å². The molecule has 0 radical (unpaired) electrons. The Kier molecular flexibility index (Phi) is 3.86. The lowest BCUT2D eigenvalue weighted by molar-refractivity contribution is 0.0562. The van der Waals surface area contributed by atoms with Crippen LogP contribution in [0.25, 0.3) is 11.5 Å². The fourth-order valence-electron chi connectivity index (χ4n) is 1.81. The number of nitrogens with zero attached hydrogens (tertiary/aromatic N) is 1. The number of methoxy groups -OCH3 is 1. The minimum Gasteiger partial charge on any atom is -0.463 e. The highest BCUT2D eigenvalue weighted by atomic mass is 35.5. The van der Waals surface area contributed by atoms with E-state index in [9.17, 15) is 4.79 Å². The highest BCUT2D eigenvalue weighted by Crippen LogP contribution is 2.33. The quantitative estimate of drug-likeness (QED) is 0.783. The fraction of sp³-hybridized carbons (Fsp3) is 0.333. The fourth-order valence-corrected chi connectivity index (χ4v) is 2.03. The lowest BCUT2D eigenvalue weighted by atomic mass is 9.91. The molecule has 0 aliphatic heterocycles. The number of benzene rings is 1. The first-order valence-corrected chi connectivity index (χ1v) is 6.57. The van der Waals surface area contributed by atoms with Gasteiger partial charge in [0.1, 0.15) is 5.69 Å². The van der Waals surface area contributed by atoms with Gasteiger partial charge in [-0.2, -0.15) is 0 Å². The molecule has 0 unspecified atom stereocenters. The largest absolute Gasteiger partial charge is 0.463 e. The van der Waals surface area contributed by atoms with Crippen molar-refractivity contribution in [2.24, 2.45) is 0 Å². The maximum absolute atomic E-state index is 11.8. The summed E-state index contributed by atoms with van der Waals surface area (Å²) < 4.78 is 10.3. The number of aromatic nitrogens is 1. The van der Waals surface area contributed by atoms with Crippen molar-refractivity contribution < 1.29 is 13.9 Å². The molecule has 0 fully saturated rings. The number of carbonyl (C=O) groups excluding carboxylic acids is 1. The molecule has 1 aromatic carbocycles. The van der Waals surface area contributed by atoms with Crippen molar-refractivity contribution in [2.75, 3.05) is 7.11 Å². The summed E-state index contributed by atoms with van der Waals surface area (Å²) >= 11 is 6.13. The van der Waals surface area contributed by atoms with Crippen molar-refractivity contribution in [1.82, 2.24) is 4.98 Å². The van der Waals surface area contributed by atoms with E-state index in [1.165, 1.54) is 7.11 Å². The molecule has 0 aliphatic carbocycles. The second-order valence-corrected chi connectivity index (χ2v) is 5.83. The molecule has 1 heterocycles. The normalized spacial score (nSPS) is 11.4.